The van der Waals surface area contributed by atoms with Crippen molar-refractivity contribution in [2.45, 2.75) is 6.54 Å². The second kappa shape index (κ2) is 7.34. The summed E-state index contributed by atoms with van der Waals surface area (Å²) in [4.78, 5) is 33.2. The molecule has 26 heavy (non-hydrogen) atoms. The van der Waals surface area contributed by atoms with Gasteiger partial charge >= 0.3 is 0 Å². The van der Waals surface area contributed by atoms with Gasteiger partial charge in [0, 0.05) is 54.6 Å². The van der Waals surface area contributed by atoms with Crippen molar-refractivity contribution in [1.29, 1.82) is 0 Å². The molecular weight excluding hydrogens is 414 g/mol. The number of hydrogen-bond donors (Lipinski definition) is 1. The van der Waals surface area contributed by atoms with Crippen molar-refractivity contribution in [3.63, 3.8) is 0 Å². The number of fused-ring (bicyclic) bond motifs is 1. The lowest BCUT2D eigenvalue weighted by Gasteiger charge is -2.34. The number of amides is 1. The van der Waals surface area contributed by atoms with Crippen LogP contribution in [0, 0.1) is 0 Å². The monoisotopic (exact) mass is 431 g/mol. The molecule has 1 aromatic carbocycles. The number of carbonyl (C=O) groups excluding carboxylic acids is 1. The number of aromatic nitrogens is 1. The molecule has 134 valence electrons. The van der Waals surface area contributed by atoms with E-state index in [2.05, 4.69) is 37.9 Å². The van der Waals surface area contributed by atoms with E-state index in [9.17, 15) is 9.59 Å². The van der Waals surface area contributed by atoms with Gasteiger partial charge in [-0.1, -0.05) is 18.2 Å². The SMILES string of the molecule is O=C(c1cc(=O)[nH]c2ccccc12)N1CCN(Cc2ccc(Br)s2)CC1. The number of hydrogen-bond acceptors (Lipinski definition) is 4. The second-order valence-electron chi connectivity index (χ2n) is 6.37. The van der Waals surface area contributed by atoms with E-state index >= 15 is 0 Å². The molecule has 0 spiro atoms. The molecule has 1 fully saturated rings. The van der Waals surface area contributed by atoms with Crippen molar-refractivity contribution in [2.24, 2.45) is 0 Å². The van der Waals surface area contributed by atoms with Gasteiger partial charge in [-0.15, -0.1) is 11.3 Å². The van der Waals surface area contributed by atoms with Gasteiger partial charge < -0.3 is 9.88 Å². The molecular formula is C19H18BrN3O2S. The molecule has 0 bridgehead atoms. The quantitative estimate of drug-likeness (QED) is 0.691. The highest BCUT2D eigenvalue weighted by Gasteiger charge is 2.24. The largest absolute Gasteiger partial charge is 0.336 e. The van der Waals surface area contributed by atoms with Crippen LogP contribution in [0.15, 0.2) is 51.0 Å². The van der Waals surface area contributed by atoms with Crippen molar-refractivity contribution < 1.29 is 4.79 Å². The highest BCUT2D eigenvalue weighted by atomic mass is 79.9. The van der Waals surface area contributed by atoms with Gasteiger partial charge in [-0.25, -0.2) is 0 Å². The first-order chi connectivity index (χ1) is 12.6. The number of nitrogens with zero attached hydrogens (tertiary/aromatic N) is 2. The zero-order valence-corrected chi connectivity index (χ0v) is 16.5. The number of halogens is 1. The number of aromatic amines is 1. The highest BCUT2D eigenvalue weighted by Crippen LogP contribution is 2.24. The lowest BCUT2D eigenvalue weighted by Crippen LogP contribution is -2.48. The fraction of sp³-hybridized carbons (Fsp3) is 0.263. The van der Waals surface area contributed by atoms with Crippen molar-refractivity contribution in [3.8, 4) is 0 Å². The predicted molar refractivity (Wildman–Crippen MR) is 108 cm³/mol. The highest BCUT2D eigenvalue weighted by molar-refractivity contribution is 9.11. The zero-order valence-electron chi connectivity index (χ0n) is 14.1. The van der Waals surface area contributed by atoms with Crippen LogP contribution in [0.25, 0.3) is 10.9 Å². The molecule has 7 heteroatoms. The lowest BCUT2D eigenvalue weighted by molar-refractivity contribution is 0.0631. The molecule has 1 N–H and O–H groups in total. The molecule has 5 nitrogen and oxygen atoms in total. The van der Waals surface area contributed by atoms with E-state index in [1.807, 2.05) is 29.2 Å². The molecule has 0 saturated carbocycles. The number of H-pyrrole nitrogens is 1. The molecule has 0 atom stereocenters. The summed E-state index contributed by atoms with van der Waals surface area (Å²) in [6, 6.07) is 13.1. The van der Waals surface area contributed by atoms with Crippen LogP contribution in [-0.2, 0) is 6.54 Å². The minimum Gasteiger partial charge on any atom is -0.336 e. The number of carbonyl (C=O) groups is 1. The van der Waals surface area contributed by atoms with Gasteiger partial charge in [0.15, 0.2) is 0 Å². The maximum Gasteiger partial charge on any atom is 0.254 e. The third-order valence-corrected chi connectivity index (χ3v) is 6.26. The van der Waals surface area contributed by atoms with Crippen LogP contribution in [0.2, 0.25) is 0 Å². The van der Waals surface area contributed by atoms with E-state index < -0.39 is 0 Å². The van der Waals surface area contributed by atoms with Crippen LogP contribution in [0.4, 0.5) is 0 Å². The number of thiophene rings is 1. The van der Waals surface area contributed by atoms with Gasteiger partial charge in [0.25, 0.3) is 5.91 Å². The number of pyridine rings is 1. The van der Waals surface area contributed by atoms with E-state index in [4.69, 9.17) is 0 Å². The first-order valence-corrected chi connectivity index (χ1v) is 10.1. The number of nitrogens with one attached hydrogen (secondary N) is 1. The minimum absolute atomic E-state index is 0.0641. The summed E-state index contributed by atoms with van der Waals surface area (Å²) in [5.74, 6) is -0.0641. The third-order valence-electron chi connectivity index (χ3n) is 4.65. The van der Waals surface area contributed by atoms with Crippen molar-refractivity contribution in [1.82, 2.24) is 14.8 Å². The molecule has 0 aliphatic carbocycles. The van der Waals surface area contributed by atoms with Gasteiger partial charge in [-0.3, -0.25) is 14.5 Å². The van der Waals surface area contributed by atoms with E-state index in [-0.39, 0.29) is 11.5 Å². The van der Waals surface area contributed by atoms with Crippen LogP contribution < -0.4 is 5.56 Å². The number of piperazine rings is 1. The summed E-state index contributed by atoms with van der Waals surface area (Å²) < 4.78 is 1.14. The number of rotatable bonds is 3. The Bertz CT molecular complexity index is 1010. The van der Waals surface area contributed by atoms with Crippen molar-refractivity contribution >= 4 is 44.1 Å². The Hall–Kier alpha value is -1.96. The van der Waals surface area contributed by atoms with Gasteiger partial charge in [0.05, 0.1) is 9.35 Å². The fourth-order valence-corrected chi connectivity index (χ4v) is 4.84. The summed E-state index contributed by atoms with van der Waals surface area (Å²) in [6.45, 7) is 3.93. The topological polar surface area (TPSA) is 56.4 Å². The average Bonchev–Trinajstić information content (AvgIpc) is 3.06. The summed E-state index contributed by atoms with van der Waals surface area (Å²) in [6.07, 6.45) is 0. The Labute approximate surface area is 163 Å². The maximum absolute atomic E-state index is 13.0. The van der Waals surface area contributed by atoms with Gasteiger partial charge in [0.1, 0.15) is 0 Å². The second-order valence-corrected chi connectivity index (χ2v) is 8.91. The molecule has 1 aliphatic rings. The van der Waals surface area contributed by atoms with Crippen LogP contribution >= 0.6 is 27.3 Å². The van der Waals surface area contributed by atoms with Gasteiger partial charge in [-0.05, 0) is 34.1 Å². The lowest BCUT2D eigenvalue weighted by atomic mass is 10.1. The Morgan fingerprint density at radius 1 is 1.12 bits per heavy atom. The summed E-state index contributed by atoms with van der Waals surface area (Å²) in [5.41, 5.74) is 0.944. The Kier molecular flexibility index (Phi) is 4.93. The Morgan fingerprint density at radius 2 is 1.88 bits per heavy atom. The van der Waals surface area contributed by atoms with Crippen LogP contribution in [0.1, 0.15) is 15.2 Å². The molecule has 0 unspecified atom stereocenters. The van der Waals surface area contributed by atoms with Gasteiger partial charge in [0.2, 0.25) is 5.56 Å². The number of benzene rings is 1. The van der Waals surface area contributed by atoms with Crippen molar-refractivity contribution in [3.05, 3.63) is 67.0 Å². The van der Waals surface area contributed by atoms with Crippen LogP contribution in [0.3, 0.4) is 0 Å². The Morgan fingerprint density at radius 3 is 2.62 bits per heavy atom. The minimum atomic E-state index is -0.242. The molecule has 1 amide bonds. The molecule has 3 aromatic rings. The van der Waals surface area contributed by atoms with E-state index in [1.54, 1.807) is 11.3 Å². The third kappa shape index (κ3) is 3.60. The molecule has 3 heterocycles. The van der Waals surface area contributed by atoms with Crippen molar-refractivity contribution in [2.75, 3.05) is 26.2 Å². The normalized spacial score (nSPS) is 15.5. The zero-order chi connectivity index (χ0) is 18.1. The van der Waals surface area contributed by atoms with Gasteiger partial charge in [-0.2, -0.15) is 0 Å². The van der Waals surface area contributed by atoms with E-state index in [0.29, 0.717) is 24.2 Å². The smallest absolute Gasteiger partial charge is 0.254 e. The van der Waals surface area contributed by atoms with Crippen LogP contribution in [-0.4, -0.2) is 46.9 Å². The number of para-hydroxylation sites is 1. The standard InChI is InChI=1S/C19H18BrN3O2S/c20-17-6-5-13(26-17)12-22-7-9-23(10-8-22)19(25)15-11-18(24)21-16-4-2-1-3-14(15)16/h1-6,11H,7-10,12H2,(H,21,24). The van der Waals surface area contributed by atoms with E-state index in [1.165, 1.54) is 10.9 Å². The first-order valence-electron chi connectivity index (χ1n) is 8.48. The van der Waals surface area contributed by atoms with E-state index in [0.717, 1.165) is 28.8 Å². The van der Waals surface area contributed by atoms with Crippen LogP contribution in [0.5, 0.6) is 0 Å². The summed E-state index contributed by atoms with van der Waals surface area (Å²) in [5, 5.41) is 0.794. The average molecular weight is 432 g/mol. The summed E-state index contributed by atoms with van der Waals surface area (Å²) >= 11 is 5.24. The fourth-order valence-electron chi connectivity index (χ4n) is 3.32. The first kappa shape index (κ1) is 17.5. The maximum atomic E-state index is 13.0. The molecule has 0 radical (unpaired) electrons. The molecule has 1 saturated heterocycles. The molecule has 2 aromatic heterocycles. The predicted octanol–water partition coefficient (Wildman–Crippen LogP) is 3.31. The molecule has 1 aliphatic heterocycles. The Balaban J connectivity index is 1.48. The summed E-state index contributed by atoms with van der Waals surface area (Å²) in [7, 11) is 0. The molecule has 4 rings (SSSR count).